The lowest BCUT2D eigenvalue weighted by atomic mass is 10.1. The van der Waals surface area contributed by atoms with Crippen LogP contribution in [0.15, 0.2) is 40.2 Å². The van der Waals surface area contributed by atoms with E-state index < -0.39 is 0 Å². The van der Waals surface area contributed by atoms with Crippen LogP contribution in [0.1, 0.15) is 16.5 Å². The van der Waals surface area contributed by atoms with Crippen molar-refractivity contribution < 1.29 is 0 Å². The van der Waals surface area contributed by atoms with Gasteiger partial charge in [-0.1, -0.05) is 39.7 Å². The normalized spacial score (nSPS) is 11.9. The summed E-state index contributed by atoms with van der Waals surface area (Å²) in [6, 6.07) is 9.63. The molecule has 0 bridgehead atoms. The fraction of sp³-hybridized carbons (Fsp3) is 0.0909. The molecule has 0 saturated heterocycles. The maximum atomic E-state index is 6.15. The zero-order chi connectivity index (χ0) is 10.8. The van der Waals surface area contributed by atoms with E-state index in [4.69, 9.17) is 17.3 Å². The lowest BCUT2D eigenvalue weighted by Crippen LogP contribution is -2.10. The molecule has 0 saturated carbocycles. The van der Waals surface area contributed by atoms with Gasteiger partial charge in [-0.15, -0.1) is 23.7 Å². The lowest BCUT2D eigenvalue weighted by Gasteiger charge is -2.12. The summed E-state index contributed by atoms with van der Waals surface area (Å²) in [7, 11) is 0. The topological polar surface area (TPSA) is 26.0 Å². The van der Waals surface area contributed by atoms with Crippen LogP contribution in [0.5, 0.6) is 0 Å². The Hall–Kier alpha value is -0.0600. The van der Waals surface area contributed by atoms with Gasteiger partial charge in [0.25, 0.3) is 0 Å². The highest BCUT2D eigenvalue weighted by molar-refractivity contribution is 9.10. The highest BCUT2D eigenvalue weighted by atomic mass is 79.9. The van der Waals surface area contributed by atoms with Crippen LogP contribution in [0.3, 0.4) is 0 Å². The summed E-state index contributed by atoms with van der Waals surface area (Å²) >= 11 is 11.0. The van der Waals surface area contributed by atoms with Crippen LogP contribution in [-0.2, 0) is 0 Å². The van der Waals surface area contributed by atoms with Gasteiger partial charge in [0.1, 0.15) is 0 Å². The first-order valence-electron chi connectivity index (χ1n) is 4.42. The maximum Gasteiger partial charge on any atom is 0.0657 e. The van der Waals surface area contributed by atoms with Gasteiger partial charge in [-0.2, -0.15) is 0 Å². The summed E-state index contributed by atoms with van der Waals surface area (Å²) in [6.45, 7) is 0. The maximum absolute atomic E-state index is 6.15. The lowest BCUT2D eigenvalue weighted by molar-refractivity contribution is 0.887. The Kier molecular flexibility index (Phi) is 5.28. The molecular weight excluding hydrogens is 329 g/mol. The molecule has 0 spiro atoms. The third kappa shape index (κ3) is 2.99. The highest BCUT2D eigenvalue weighted by Crippen LogP contribution is 2.30. The van der Waals surface area contributed by atoms with E-state index in [0.29, 0.717) is 5.02 Å². The Labute approximate surface area is 118 Å². The van der Waals surface area contributed by atoms with E-state index in [1.54, 1.807) is 11.3 Å². The number of nitrogens with two attached hydrogens (primary N) is 1. The first-order valence-corrected chi connectivity index (χ1v) is 6.47. The number of rotatable bonds is 2. The fourth-order valence-corrected chi connectivity index (χ4v) is 3.05. The Balaban J connectivity index is 0.00000128. The predicted octanol–water partition coefficient (Wildman–Crippen LogP) is 4.63. The second-order valence-electron chi connectivity index (χ2n) is 3.16. The second kappa shape index (κ2) is 6.03. The van der Waals surface area contributed by atoms with Crippen LogP contribution in [0.4, 0.5) is 0 Å². The van der Waals surface area contributed by atoms with Gasteiger partial charge in [0.05, 0.1) is 6.04 Å². The summed E-state index contributed by atoms with van der Waals surface area (Å²) < 4.78 is 0.955. The van der Waals surface area contributed by atoms with Crippen LogP contribution < -0.4 is 5.73 Å². The first-order chi connectivity index (χ1) is 7.18. The summed E-state index contributed by atoms with van der Waals surface area (Å²) in [5.41, 5.74) is 7.21. The Bertz CT molecular complexity index is 459. The molecule has 2 aromatic rings. The quantitative estimate of drug-likeness (QED) is 0.848. The summed E-state index contributed by atoms with van der Waals surface area (Å²) in [6.07, 6.45) is 0. The van der Waals surface area contributed by atoms with Crippen molar-refractivity contribution in [3.63, 3.8) is 0 Å². The third-order valence-corrected chi connectivity index (χ3v) is 4.02. The van der Waals surface area contributed by atoms with E-state index in [9.17, 15) is 0 Å². The van der Waals surface area contributed by atoms with E-state index in [1.165, 1.54) is 0 Å². The summed E-state index contributed by atoms with van der Waals surface area (Å²) in [5, 5.41) is 2.74. The second-order valence-corrected chi connectivity index (χ2v) is 5.43. The van der Waals surface area contributed by atoms with Gasteiger partial charge in [-0.3, -0.25) is 0 Å². The minimum Gasteiger partial charge on any atom is -0.320 e. The van der Waals surface area contributed by atoms with Crippen LogP contribution in [0.25, 0.3) is 0 Å². The van der Waals surface area contributed by atoms with Crippen LogP contribution in [0, 0.1) is 0 Å². The van der Waals surface area contributed by atoms with E-state index >= 15 is 0 Å². The van der Waals surface area contributed by atoms with Crippen molar-refractivity contribution in [3.8, 4) is 0 Å². The molecule has 5 heteroatoms. The van der Waals surface area contributed by atoms with Crippen molar-refractivity contribution in [1.82, 2.24) is 0 Å². The van der Waals surface area contributed by atoms with Gasteiger partial charge in [-0.25, -0.2) is 0 Å². The molecule has 0 unspecified atom stereocenters. The SMILES string of the molecule is Cl.N[C@@H](c1cccs1)c1ccc(Cl)cc1Br. The Morgan fingerprint density at radius 2 is 2.06 bits per heavy atom. The van der Waals surface area contributed by atoms with E-state index in [1.807, 2.05) is 35.7 Å². The minimum absolute atomic E-state index is 0. The molecule has 1 heterocycles. The monoisotopic (exact) mass is 337 g/mol. The molecule has 0 aliphatic carbocycles. The predicted molar refractivity (Wildman–Crippen MR) is 76.7 cm³/mol. The average Bonchev–Trinajstić information content (AvgIpc) is 2.69. The zero-order valence-corrected chi connectivity index (χ0v) is 12.2. The zero-order valence-electron chi connectivity index (χ0n) is 8.19. The van der Waals surface area contributed by atoms with Gasteiger partial charge in [0, 0.05) is 14.4 Å². The molecule has 1 nitrogen and oxygen atoms in total. The number of benzene rings is 1. The number of hydrogen-bond donors (Lipinski definition) is 1. The van der Waals surface area contributed by atoms with Crippen molar-refractivity contribution in [2.75, 3.05) is 0 Å². The first kappa shape index (κ1) is 14.0. The Morgan fingerprint density at radius 3 is 2.62 bits per heavy atom. The van der Waals surface area contributed by atoms with Crippen molar-refractivity contribution >= 4 is 51.3 Å². The molecule has 0 radical (unpaired) electrons. The summed E-state index contributed by atoms with van der Waals surface area (Å²) in [5.74, 6) is 0. The molecule has 0 aliphatic heterocycles. The van der Waals surface area contributed by atoms with Crippen LogP contribution in [-0.4, -0.2) is 0 Å². The average molecular weight is 339 g/mol. The standard InChI is InChI=1S/C11H9BrClNS.ClH/c12-9-6-7(13)3-4-8(9)11(14)10-2-1-5-15-10;/h1-6,11H,14H2;1H/t11-;/m1./s1. The molecule has 86 valence electrons. The Morgan fingerprint density at radius 1 is 1.31 bits per heavy atom. The molecule has 2 N–H and O–H groups in total. The van der Waals surface area contributed by atoms with E-state index in [0.717, 1.165) is 14.9 Å². The van der Waals surface area contributed by atoms with Crippen molar-refractivity contribution in [1.29, 1.82) is 0 Å². The molecule has 1 atom stereocenters. The fourth-order valence-electron chi connectivity index (χ4n) is 1.38. The third-order valence-electron chi connectivity index (χ3n) is 2.15. The number of halogens is 3. The van der Waals surface area contributed by atoms with Gasteiger partial charge in [0.15, 0.2) is 0 Å². The largest absolute Gasteiger partial charge is 0.320 e. The van der Waals surface area contributed by atoms with Gasteiger partial charge < -0.3 is 5.73 Å². The molecule has 1 aromatic heterocycles. The molecule has 16 heavy (non-hydrogen) atoms. The van der Waals surface area contributed by atoms with Gasteiger partial charge in [-0.05, 0) is 29.1 Å². The van der Waals surface area contributed by atoms with Crippen molar-refractivity contribution in [2.45, 2.75) is 6.04 Å². The minimum atomic E-state index is -0.0864. The molecular formula is C11H10BrCl2NS. The van der Waals surface area contributed by atoms with Gasteiger partial charge in [0.2, 0.25) is 0 Å². The summed E-state index contributed by atoms with van der Waals surface area (Å²) in [4.78, 5) is 1.15. The number of hydrogen-bond acceptors (Lipinski definition) is 2. The van der Waals surface area contributed by atoms with Gasteiger partial charge >= 0.3 is 0 Å². The smallest absolute Gasteiger partial charge is 0.0657 e. The van der Waals surface area contributed by atoms with E-state index in [2.05, 4.69) is 15.9 Å². The van der Waals surface area contributed by atoms with Crippen LogP contribution in [0.2, 0.25) is 5.02 Å². The van der Waals surface area contributed by atoms with Crippen molar-refractivity contribution in [3.05, 3.63) is 55.6 Å². The highest BCUT2D eigenvalue weighted by Gasteiger charge is 2.12. The van der Waals surface area contributed by atoms with E-state index in [-0.39, 0.29) is 18.4 Å². The molecule has 0 fully saturated rings. The molecule has 0 amide bonds. The number of thiophene rings is 1. The molecule has 1 aromatic carbocycles. The van der Waals surface area contributed by atoms with Crippen molar-refractivity contribution in [2.24, 2.45) is 5.73 Å². The molecule has 2 rings (SSSR count). The molecule has 0 aliphatic rings. The van der Waals surface area contributed by atoms with Crippen LogP contribution >= 0.6 is 51.3 Å².